The second-order valence-electron chi connectivity index (χ2n) is 10.5. The molecule has 1 aliphatic carbocycles. The summed E-state index contributed by atoms with van der Waals surface area (Å²) in [7, 11) is 0. The molecule has 6 aromatic rings. The Balaban J connectivity index is 1.36. The van der Waals surface area contributed by atoms with Gasteiger partial charge in [-0.25, -0.2) is 0 Å². The smallest absolute Gasteiger partial charge is 0.139 e. The van der Waals surface area contributed by atoms with E-state index in [0.29, 0.717) is 11.4 Å². The number of hydrogen-bond acceptors (Lipinski definition) is 4. The number of benzene rings is 6. The molecule has 0 unspecified atom stereocenters. The molecule has 7 rings (SSSR count). The first-order chi connectivity index (χ1) is 20.0. The predicted molar refractivity (Wildman–Crippen MR) is 169 cm³/mol. The van der Waals surface area contributed by atoms with Crippen LogP contribution in [0.25, 0.3) is 55.6 Å². The van der Waals surface area contributed by atoms with Crippen molar-refractivity contribution in [1.82, 2.24) is 0 Å². The van der Waals surface area contributed by atoms with Crippen LogP contribution in [0.5, 0.6) is 11.5 Å². The molecule has 0 atom stereocenters. The Kier molecular flexibility index (Phi) is 5.76. The second-order valence-corrected chi connectivity index (χ2v) is 10.5. The summed E-state index contributed by atoms with van der Waals surface area (Å²) in [5, 5.41) is 20.2. The third-order valence-electron chi connectivity index (χ3n) is 8.15. The summed E-state index contributed by atoms with van der Waals surface area (Å²) < 4.78 is 0. The average Bonchev–Trinajstić information content (AvgIpc) is 3.39. The van der Waals surface area contributed by atoms with Gasteiger partial charge in [0.05, 0.1) is 11.4 Å². The lowest BCUT2D eigenvalue weighted by Crippen LogP contribution is -1.94. The van der Waals surface area contributed by atoms with Crippen molar-refractivity contribution in [2.24, 2.45) is 0 Å². The molecule has 0 radical (unpaired) electrons. The van der Waals surface area contributed by atoms with Crippen LogP contribution < -0.4 is 11.5 Å². The molecule has 0 spiro atoms. The maximum atomic E-state index is 10.1. The fourth-order valence-electron chi connectivity index (χ4n) is 6.04. The number of nitrogen functional groups attached to an aromatic ring is 2. The number of hydrogen-bond donors (Lipinski definition) is 4. The molecule has 0 heterocycles. The molecule has 198 valence electrons. The zero-order valence-electron chi connectivity index (χ0n) is 22.3. The lowest BCUT2D eigenvalue weighted by atomic mass is 9.87. The Morgan fingerprint density at radius 3 is 1.46 bits per heavy atom. The number of aromatic hydroxyl groups is 2. The molecule has 1 aliphatic rings. The normalized spacial score (nSPS) is 11.7. The number of nitrogens with two attached hydrogens (primary N) is 2. The van der Waals surface area contributed by atoms with E-state index in [1.54, 1.807) is 18.2 Å². The molecule has 0 aromatic heterocycles. The fraction of sp³-hybridized carbons (Fsp3) is 0.0270. The van der Waals surface area contributed by atoms with Crippen LogP contribution >= 0.6 is 0 Å². The monoisotopic (exact) mass is 532 g/mol. The van der Waals surface area contributed by atoms with E-state index in [9.17, 15) is 10.2 Å². The maximum Gasteiger partial charge on any atom is 0.139 e. The predicted octanol–water partition coefficient (Wildman–Crippen LogP) is 8.50. The number of phenolic OH excluding ortho intramolecular Hbond substituents is 2. The van der Waals surface area contributed by atoms with Gasteiger partial charge in [0.15, 0.2) is 0 Å². The molecule has 0 saturated carbocycles. The molecule has 0 saturated heterocycles. The Bertz CT molecular complexity index is 1940. The minimum absolute atomic E-state index is 0.0861. The van der Waals surface area contributed by atoms with Crippen molar-refractivity contribution in [3.63, 3.8) is 0 Å². The fourth-order valence-corrected chi connectivity index (χ4v) is 6.04. The molecule has 0 fully saturated rings. The Hall–Kier alpha value is -5.48. The van der Waals surface area contributed by atoms with E-state index in [2.05, 4.69) is 84.9 Å². The third-order valence-corrected chi connectivity index (χ3v) is 8.15. The quantitative estimate of drug-likeness (QED) is 0.135. The highest BCUT2D eigenvalue weighted by atomic mass is 16.3. The standard InChI is InChI=1S/C37H28N2O2/c38-36-29(7-3-9-33(36)40)23-13-11-22(12-14-23)28-19-20-31-27-6-2-1-5-26(27)21-32(31)35(28)25-17-15-24(16-18-25)30-8-4-10-34(41)37(30)39/h1-20,40-41H,21,38-39H2. The van der Waals surface area contributed by atoms with Gasteiger partial charge in [0.2, 0.25) is 0 Å². The number of para-hydroxylation sites is 2. The maximum absolute atomic E-state index is 10.1. The van der Waals surface area contributed by atoms with Crippen LogP contribution in [-0.2, 0) is 6.42 Å². The lowest BCUT2D eigenvalue weighted by Gasteiger charge is -2.17. The van der Waals surface area contributed by atoms with Gasteiger partial charge in [-0.15, -0.1) is 0 Å². The summed E-state index contributed by atoms with van der Waals surface area (Å²) >= 11 is 0. The molecular weight excluding hydrogens is 504 g/mol. The number of phenols is 2. The number of anilines is 2. The van der Waals surface area contributed by atoms with Crippen LogP contribution in [-0.4, -0.2) is 10.2 Å². The van der Waals surface area contributed by atoms with Gasteiger partial charge in [-0.1, -0.05) is 109 Å². The molecule has 0 bridgehead atoms. The van der Waals surface area contributed by atoms with E-state index < -0.39 is 0 Å². The first kappa shape index (κ1) is 24.6. The Morgan fingerprint density at radius 1 is 0.415 bits per heavy atom. The van der Waals surface area contributed by atoms with Crippen LogP contribution in [0, 0.1) is 0 Å². The summed E-state index contributed by atoms with van der Waals surface area (Å²) in [5.41, 5.74) is 26.4. The summed E-state index contributed by atoms with van der Waals surface area (Å²) in [6, 6.07) is 40.5. The summed E-state index contributed by atoms with van der Waals surface area (Å²) in [6.07, 6.45) is 0.869. The molecule has 41 heavy (non-hydrogen) atoms. The highest BCUT2D eigenvalue weighted by Crippen LogP contribution is 2.46. The van der Waals surface area contributed by atoms with Crippen molar-refractivity contribution >= 4 is 11.4 Å². The lowest BCUT2D eigenvalue weighted by molar-refractivity contribution is 0.477. The van der Waals surface area contributed by atoms with E-state index in [0.717, 1.165) is 45.4 Å². The second kappa shape index (κ2) is 9.61. The minimum atomic E-state index is 0.0861. The van der Waals surface area contributed by atoms with Crippen LogP contribution in [0.3, 0.4) is 0 Å². The van der Waals surface area contributed by atoms with Gasteiger partial charge < -0.3 is 21.7 Å². The van der Waals surface area contributed by atoms with Gasteiger partial charge in [-0.05, 0) is 74.2 Å². The van der Waals surface area contributed by atoms with Crippen LogP contribution in [0.1, 0.15) is 11.1 Å². The molecule has 0 aliphatic heterocycles. The zero-order chi connectivity index (χ0) is 28.1. The third kappa shape index (κ3) is 4.09. The Morgan fingerprint density at radius 2 is 0.878 bits per heavy atom. The minimum Gasteiger partial charge on any atom is -0.506 e. The summed E-state index contributed by atoms with van der Waals surface area (Å²) in [6.45, 7) is 0. The van der Waals surface area contributed by atoms with Crippen LogP contribution in [0.2, 0.25) is 0 Å². The van der Waals surface area contributed by atoms with E-state index in [1.165, 1.54) is 27.8 Å². The first-order valence-corrected chi connectivity index (χ1v) is 13.6. The van der Waals surface area contributed by atoms with Gasteiger partial charge in [-0.2, -0.15) is 0 Å². The molecule has 0 amide bonds. The first-order valence-electron chi connectivity index (χ1n) is 13.6. The van der Waals surface area contributed by atoms with Crippen molar-refractivity contribution in [3.05, 3.63) is 132 Å². The summed E-state index contributed by atoms with van der Waals surface area (Å²) in [5.74, 6) is 0.173. The van der Waals surface area contributed by atoms with Crippen LogP contribution in [0.15, 0.2) is 121 Å². The largest absolute Gasteiger partial charge is 0.506 e. The average molecular weight is 533 g/mol. The van der Waals surface area contributed by atoms with Crippen LogP contribution in [0.4, 0.5) is 11.4 Å². The van der Waals surface area contributed by atoms with Gasteiger partial charge in [0, 0.05) is 11.1 Å². The van der Waals surface area contributed by atoms with Gasteiger partial charge in [0.1, 0.15) is 11.5 Å². The van der Waals surface area contributed by atoms with E-state index in [-0.39, 0.29) is 11.5 Å². The van der Waals surface area contributed by atoms with Crippen molar-refractivity contribution < 1.29 is 10.2 Å². The topological polar surface area (TPSA) is 92.5 Å². The molecular formula is C37H28N2O2. The van der Waals surface area contributed by atoms with Crippen molar-refractivity contribution in [2.75, 3.05) is 11.5 Å². The molecule has 6 aromatic carbocycles. The zero-order valence-corrected chi connectivity index (χ0v) is 22.3. The van der Waals surface area contributed by atoms with Crippen molar-refractivity contribution in [3.8, 4) is 67.1 Å². The number of rotatable bonds is 4. The SMILES string of the molecule is Nc1c(O)cccc1-c1ccc(-c2ccc3c(c2-c2ccc(-c4cccc(O)c4N)cc2)Cc2ccccc2-3)cc1. The molecule has 4 heteroatoms. The highest BCUT2D eigenvalue weighted by molar-refractivity contribution is 5.95. The highest BCUT2D eigenvalue weighted by Gasteiger charge is 2.24. The summed E-state index contributed by atoms with van der Waals surface area (Å²) in [4.78, 5) is 0. The Labute approximate surface area is 238 Å². The van der Waals surface area contributed by atoms with Gasteiger partial charge >= 0.3 is 0 Å². The number of fused-ring (bicyclic) bond motifs is 3. The molecule has 6 N–H and O–H groups in total. The van der Waals surface area contributed by atoms with Crippen molar-refractivity contribution in [1.29, 1.82) is 0 Å². The van der Waals surface area contributed by atoms with E-state index in [4.69, 9.17) is 11.5 Å². The van der Waals surface area contributed by atoms with Crippen molar-refractivity contribution in [2.45, 2.75) is 6.42 Å². The molecule has 4 nitrogen and oxygen atoms in total. The van der Waals surface area contributed by atoms with E-state index in [1.807, 2.05) is 18.2 Å². The van der Waals surface area contributed by atoms with Gasteiger partial charge in [-0.3, -0.25) is 0 Å². The van der Waals surface area contributed by atoms with Gasteiger partial charge in [0.25, 0.3) is 0 Å². The van der Waals surface area contributed by atoms with E-state index >= 15 is 0 Å².